The molecule has 2 aliphatic rings. The van der Waals surface area contributed by atoms with E-state index in [1.54, 1.807) is 0 Å². The number of carbonyl (C=O) groups is 1. The first-order valence-corrected chi connectivity index (χ1v) is 9.31. The van der Waals surface area contributed by atoms with Crippen LogP contribution in [0.2, 0.25) is 0 Å². The summed E-state index contributed by atoms with van der Waals surface area (Å²) < 4.78 is 0.302. The second-order valence-electron chi connectivity index (χ2n) is 6.94. The van der Waals surface area contributed by atoms with Crippen LogP contribution in [0.4, 0.5) is 0 Å². The van der Waals surface area contributed by atoms with Crippen molar-refractivity contribution in [2.45, 2.75) is 76.3 Å². The number of hydrogen-bond acceptors (Lipinski definition) is 3. The molecule has 4 heteroatoms. The van der Waals surface area contributed by atoms with E-state index in [-0.39, 0.29) is 12.2 Å². The van der Waals surface area contributed by atoms with Gasteiger partial charge in [0.1, 0.15) is 0 Å². The van der Waals surface area contributed by atoms with Crippen LogP contribution in [0.25, 0.3) is 0 Å². The van der Waals surface area contributed by atoms with Crippen LogP contribution in [0.5, 0.6) is 0 Å². The highest BCUT2D eigenvalue weighted by atomic mass is 32.2. The third-order valence-electron chi connectivity index (χ3n) is 4.85. The fourth-order valence-electron chi connectivity index (χ4n) is 3.63. The second kappa shape index (κ2) is 6.69. The second-order valence-corrected chi connectivity index (χ2v) is 8.21. The molecule has 1 heterocycles. The first kappa shape index (κ1) is 16.2. The van der Waals surface area contributed by atoms with Gasteiger partial charge >= 0.3 is 0 Å². The van der Waals surface area contributed by atoms with Crippen molar-refractivity contribution in [1.82, 2.24) is 10.2 Å². The average Bonchev–Trinajstić information content (AvgIpc) is 2.67. The first-order chi connectivity index (χ1) is 9.47. The number of nitrogens with one attached hydrogen (secondary N) is 1. The lowest BCUT2D eigenvalue weighted by Crippen LogP contribution is -2.46. The molecule has 3 nitrogen and oxygen atoms in total. The Morgan fingerprint density at radius 3 is 2.55 bits per heavy atom. The van der Waals surface area contributed by atoms with E-state index < -0.39 is 0 Å². The fraction of sp³-hybridized carbons (Fsp3) is 0.938. The minimum Gasteiger partial charge on any atom is -0.325 e. The molecular formula is C16H30N2OS. The van der Waals surface area contributed by atoms with Crippen molar-refractivity contribution in [3.63, 3.8) is 0 Å². The van der Waals surface area contributed by atoms with Crippen LogP contribution in [0.15, 0.2) is 0 Å². The number of thioether (sulfide) groups is 1. The van der Waals surface area contributed by atoms with E-state index in [9.17, 15) is 4.79 Å². The van der Waals surface area contributed by atoms with Crippen molar-refractivity contribution in [3.05, 3.63) is 0 Å². The highest BCUT2D eigenvalue weighted by molar-refractivity contribution is 8.00. The van der Waals surface area contributed by atoms with E-state index >= 15 is 0 Å². The zero-order chi connectivity index (χ0) is 14.8. The number of nitrogens with zero attached hydrogens (tertiary/aromatic N) is 1. The van der Waals surface area contributed by atoms with Crippen LogP contribution in [-0.4, -0.2) is 40.6 Å². The summed E-state index contributed by atoms with van der Waals surface area (Å²) in [7, 11) is 0. The summed E-state index contributed by atoms with van der Waals surface area (Å²) in [5.74, 6) is 0.887. The van der Waals surface area contributed by atoms with Crippen molar-refractivity contribution >= 4 is 17.7 Å². The smallest absolute Gasteiger partial charge is 0.241 e. The zero-order valence-corrected chi connectivity index (χ0v) is 14.3. The molecule has 2 unspecified atom stereocenters. The summed E-state index contributed by atoms with van der Waals surface area (Å²) in [6.07, 6.45) is 9.89. The van der Waals surface area contributed by atoms with Gasteiger partial charge in [-0.3, -0.25) is 10.1 Å². The fourth-order valence-corrected chi connectivity index (χ4v) is 4.60. The summed E-state index contributed by atoms with van der Waals surface area (Å²) in [6.45, 7) is 7.43. The molecule has 0 aromatic heterocycles. The van der Waals surface area contributed by atoms with Crippen LogP contribution >= 0.6 is 11.8 Å². The predicted octanol–water partition coefficient (Wildman–Crippen LogP) is 3.24. The molecule has 2 fully saturated rings. The summed E-state index contributed by atoms with van der Waals surface area (Å²) in [6, 6.07) is 0.0347. The lowest BCUT2D eigenvalue weighted by molar-refractivity contribution is -0.130. The highest BCUT2D eigenvalue weighted by Gasteiger charge is 2.42. The van der Waals surface area contributed by atoms with E-state index in [0.717, 1.165) is 13.0 Å². The van der Waals surface area contributed by atoms with Crippen LogP contribution in [0, 0.1) is 5.92 Å². The maximum absolute atomic E-state index is 12.6. The van der Waals surface area contributed by atoms with Crippen LogP contribution < -0.4 is 5.32 Å². The van der Waals surface area contributed by atoms with E-state index in [0.29, 0.717) is 16.6 Å². The number of carbonyl (C=O) groups excluding carboxylic acids is 1. The maximum atomic E-state index is 12.6. The molecular weight excluding hydrogens is 268 g/mol. The van der Waals surface area contributed by atoms with Crippen LogP contribution in [0.3, 0.4) is 0 Å². The number of amides is 1. The molecule has 1 N–H and O–H groups in total. The topological polar surface area (TPSA) is 32.3 Å². The van der Waals surface area contributed by atoms with E-state index in [1.165, 1.54) is 32.1 Å². The lowest BCUT2D eigenvalue weighted by Gasteiger charge is -2.39. The Balaban J connectivity index is 2.02. The van der Waals surface area contributed by atoms with E-state index in [4.69, 9.17) is 0 Å². The third-order valence-corrected chi connectivity index (χ3v) is 6.26. The standard InChI is InChI=1S/C16H30N2OS/c1-12(2)10-14-15(19)18(13(3)17-14)11-16(20-4)8-6-5-7-9-16/h12-14,17H,5-11H2,1-4H3. The molecule has 1 aliphatic carbocycles. The monoisotopic (exact) mass is 298 g/mol. The molecule has 2 rings (SSSR count). The minimum atomic E-state index is 0.0347. The molecule has 1 saturated heterocycles. The zero-order valence-electron chi connectivity index (χ0n) is 13.4. The summed E-state index contributed by atoms with van der Waals surface area (Å²) in [4.78, 5) is 14.7. The minimum absolute atomic E-state index is 0.0347. The molecule has 20 heavy (non-hydrogen) atoms. The molecule has 0 spiro atoms. The molecule has 1 aliphatic heterocycles. The Hall–Kier alpha value is -0.220. The van der Waals surface area contributed by atoms with E-state index in [2.05, 4.69) is 37.2 Å². The van der Waals surface area contributed by atoms with Gasteiger partial charge in [0, 0.05) is 11.3 Å². The predicted molar refractivity (Wildman–Crippen MR) is 86.9 cm³/mol. The number of hydrogen-bond donors (Lipinski definition) is 1. The Morgan fingerprint density at radius 1 is 1.35 bits per heavy atom. The number of rotatable bonds is 5. The quantitative estimate of drug-likeness (QED) is 0.845. The maximum Gasteiger partial charge on any atom is 0.241 e. The van der Waals surface area contributed by atoms with Crippen LogP contribution in [-0.2, 0) is 4.79 Å². The molecule has 1 amide bonds. The molecule has 0 bridgehead atoms. The van der Waals surface area contributed by atoms with Crippen molar-refractivity contribution in [2.24, 2.45) is 5.92 Å². The SMILES string of the molecule is CSC1(CN2C(=O)C(CC(C)C)NC2C)CCCCC1. The van der Waals surface area contributed by atoms with Crippen molar-refractivity contribution in [1.29, 1.82) is 0 Å². The van der Waals surface area contributed by atoms with Crippen molar-refractivity contribution in [3.8, 4) is 0 Å². The van der Waals surface area contributed by atoms with Crippen LogP contribution in [0.1, 0.15) is 59.3 Å². The van der Waals surface area contributed by atoms with E-state index in [1.807, 2.05) is 11.8 Å². The van der Waals surface area contributed by atoms with Gasteiger partial charge in [0.25, 0.3) is 0 Å². The van der Waals surface area contributed by atoms with Gasteiger partial charge in [-0.15, -0.1) is 0 Å². The largest absolute Gasteiger partial charge is 0.325 e. The lowest BCUT2D eigenvalue weighted by atomic mass is 9.87. The van der Waals surface area contributed by atoms with Gasteiger partial charge in [-0.1, -0.05) is 33.1 Å². The van der Waals surface area contributed by atoms with Crippen molar-refractivity contribution in [2.75, 3.05) is 12.8 Å². The Morgan fingerprint density at radius 2 is 2.00 bits per heavy atom. The normalized spacial score (nSPS) is 30.2. The van der Waals surface area contributed by atoms with Gasteiger partial charge < -0.3 is 4.90 Å². The molecule has 0 aromatic carbocycles. The highest BCUT2D eigenvalue weighted by Crippen LogP contribution is 2.40. The molecule has 0 radical (unpaired) electrons. The van der Waals surface area contributed by atoms with Gasteiger partial charge in [0.15, 0.2) is 0 Å². The van der Waals surface area contributed by atoms with Gasteiger partial charge in [0.05, 0.1) is 12.2 Å². The molecule has 0 aromatic rings. The average molecular weight is 298 g/mol. The van der Waals surface area contributed by atoms with Gasteiger partial charge in [-0.25, -0.2) is 0 Å². The van der Waals surface area contributed by atoms with Gasteiger partial charge in [0.2, 0.25) is 5.91 Å². The van der Waals surface area contributed by atoms with Crippen molar-refractivity contribution < 1.29 is 4.79 Å². The van der Waals surface area contributed by atoms with Gasteiger partial charge in [-0.05, 0) is 38.4 Å². The molecule has 2 atom stereocenters. The Labute approximate surface area is 128 Å². The molecule has 1 saturated carbocycles. The summed E-state index contributed by atoms with van der Waals surface area (Å²) >= 11 is 1.98. The first-order valence-electron chi connectivity index (χ1n) is 8.09. The Bertz CT molecular complexity index is 339. The summed E-state index contributed by atoms with van der Waals surface area (Å²) in [5, 5.41) is 3.48. The van der Waals surface area contributed by atoms with Gasteiger partial charge in [-0.2, -0.15) is 11.8 Å². The molecule has 116 valence electrons. The Kier molecular flexibility index (Phi) is 5.41. The third kappa shape index (κ3) is 3.51. The summed E-state index contributed by atoms with van der Waals surface area (Å²) in [5.41, 5.74) is 0.